The van der Waals surface area contributed by atoms with E-state index in [2.05, 4.69) is 9.68 Å². The summed E-state index contributed by atoms with van der Waals surface area (Å²) >= 11 is 0. The Kier molecular flexibility index (Phi) is 4.43. The zero-order valence-corrected chi connectivity index (χ0v) is 13.8. The van der Waals surface area contributed by atoms with Gasteiger partial charge >= 0.3 is 6.09 Å². The summed E-state index contributed by atoms with van der Waals surface area (Å²) in [6, 6.07) is 3.62. The minimum atomic E-state index is -2.30. The number of rotatable bonds is 2. The molecule has 2 rings (SSSR count). The lowest BCUT2D eigenvalue weighted by Crippen LogP contribution is -2.27. The van der Waals surface area contributed by atoms with Crippen molar-refractivity contribution in [3.8, 4) is 0 Å². The Hall–Kier alpha value is -1.34. The van der Waals surface area contributed by atoms with Gasteiger partial charge in [-0.3, -0.25) is 0 Å². The lowest BCUT2D eigenvalue weighted by Gasteiger charge is -2.19. The molecule has 0 saturated carbocycles. The molecule has 0 radical (unpaired) electrons. The standard InChI is InChI=1S/C14H23N3O3S/c1-14(2,3)20-13(18)17-8-5-6-12(17)16-21(19)9-7-11(10-21)15-4/h5-6,8,11,15H,7,9-10H2,1-4H3. The van der Waals surface area contributed by atoms with E-state index in [4.69, 9.17) is 4.74 Å². The summed E-state index contributed by atoms with van der Waals surface area (Å²) in [5.41, 5.74) is -0.578. The average molecular weight is 313 g/mol. The molecule has 1 aliphatic heterocycles. The van der Waals surface area contributed by atoms with E-state index in [0.717, 1.165) is 6.42 Å². The van der Waals surface area contributed by atoms with E-state index < -0.39 is 21.4 Å². The molecule has 1 aliphatic rings. The van der Waals surface area contributed by atoms with Crippen molar-refractivity contribution < 1.29 is 13.7 Å². The maximum atomic E-state index is 12.7. The van der Waals surface area contributed by atoms with Crippen molar-refractivity contribution in [2.75, 3.05) is 18.6 Å². The first-order valence-corrected chi connectivity index (χ1v) is 8.88. The van der Waals surface area contributed by atoms with Gasteiger partial charge in [0.05, 0.1) is 9.73 Å². The van der Waals surface area contributed by atoms with Gasteiger partial charge in [0.15, 0.2) is 5.82 Å². The van der Waals surface area contributed by atoms with Gasteiger partial charge in [-0.15, -0.1) is 0 Å². The number of hydrogen-bond donors (Lipinski definition) is 1. The SMILES string of the molecule is CNC1CCS(=O)(=Nc2cccn2C(=O)OC(C)(C)C)C1. The second-order valence-electron chi connectivity index (χ2n) is 6.23. The van der Waals surface area contributed by atoms with Gasteiger partial charge in [-0.1, -0.05) is 0 Å². The fourth-order valence-electron chi connectivity index (χ4n) is 2.20. The summed E-state index contributed by atoms with van der Waals surface area (Å²) in [7, 11) is -0.443. The van der Waals surface area contributed by atoms with Crippen molar-refractivity contribution in [2.24, 2.45) is 4.36 Å². The third-order valence-electron chi connectivity index (χ3n) is 3.23. The van der Waals surface area contributed by atoms with E-state index >= 15 is 0 Å². The van der Waals surface area contributed by atoms with E-state index in [1.807, 2.05) is 7.05 Å². The summed E-state index contributed by atoms with van der Waals surface area (Å²) < 4.78 is 23.7. The van der Waals surface area contributed by atoms with Crippen LogP contribution in [-0.2, 0) is 14.5 Å². The van der Waals surface area contributed by atoms with Gasteiger partial charge in [-0.05, 0) is 46.4 Å². The lowest BCUT2D eigenvalue weighted by molar-refractivity contribution is 0.0540. The smallest absolute Gasteiger partial charge is 0.420 e. The maximum Gasteiger partial charge on any atom is 0.420 e. The van der Waals surface area contributed by atoms with Crippen LogP contribution in [0.25, 0.3) is 0 Å². The molecule has 0 amide bonds. The number of carbonyl (C=O) groups excluding carboxylic acids is 1. The zero-order valence-electron chi connectivity index (χ0n) is 13.0. The summed E-state index contributed by atoms with van der Waals surface area (Å²) in [6.45, 7) is 5.42. The third-order valence-corrected chi connectivity index (χ3v) is 5.55. The van der Waals surface area contributed by atoms with E-state index in [1.54, 1.807) is 39.1 Å². The highest BCUT2D eigenvalue weighted by atomic mass is 32.2. The van der Waals surface area contributed by atoms with Crippen LogP contribution in [0.3, 0.4) is 0 Å². The molecule has 2 unspecified atom stereocenters. The highest BCUT2D eigenvalue weighted by Gasteiger charge is 2.26. The molecule has 2 heterocycles. The molecule has 2 atom stereocenters. The van der Waals surface area contributed by atoms with Crippen molar-refractivity contribution in [1.29, 1.82) is 0 Å². The second kappa shape index (κ2) is 5.81. The summed E-state index contributed by atoms with van der Waals surface area (Å²) in [4.78, 5) is 12.1. The van der Waals surface area contributed by atoms with Crippen LogP contribution in [0.5, 0.6) is 0 Å². The van der Waals surface area contributed by atoms with Gasteiger partial charge in [0, 0.05) is 23.7 Å². The maximum absolute atomic E-state index is 12.7. The van der Waals surface area contributed by atoms with Crippen LogP contribution in [0.4, 0.5) is 10.6 Å². The average Bonchev–Trinajstić information content (AvgIpc) is 2.94. The number of nitrogens with one attached hydrogen (secondary N) is 1. The van der Waals surface area contributed by atoms with Crippen LogP contribution in [0.15, 0.2) is 22.7 Å². The van der Waals surface area contributed by atoms with Crippen molar-refractivity contribution in [1.82, 2.24) is 9.88 Å². The van der Waals surface area contributed by atoms with E-state index in [9.17, 15) is 9.00 Å². The number of ether oxygens (including phenoxy) is 1. The Balaban J connectivity index is 2.26. The van der Waals surface area contributed by atoms with Gasteiger partial charge in [0.2, 0.25) is 0 Å². The van der Waals surface area contributed by atoms with Crippen molar-refractivity contribution in [3.63, 3.8) is 0 Å². The number of hydrogen-bond acceptors (Lipinski definition) is 5. The molecule has 1 aromatic rings. The Morgan fingerprint density at radius 2 is 2.24 bits per heavy atom. The highest BCUT2D eigenvalue weighted by Crippen LogP contribution is 2.23. The fraction of sp³-hybridized carbons (Fsp3) is 0.643. The molecule has 0 bridgehead atoms. The second-order valence-corrected chi connectivity index (χ2v) is 8.69. The molecule has 0 spiro atoms. The van der Waals surface area contributed by atoms with E-state index in [-0.39, 0.29) is 6.04 Å². The molecule has 0 aromatic carbocycles. The minimum Gasteiger partial charge on any atom is -0.443 e. The van der Waals surface area contributed by atoms with Crippen LogP contribution >= 0.6 is 0 Å². The Morgan fingerprint density at radius 3 is 2.81 bits per heavy atom. The number of carbonyl (C=O) groups is 1. The van der Waals surface area contributed by atoms with E-state index in [1.165, 1.54) is 4.57 Å². The zero-order chi connectivity index (χ0) is 15.7. The largest absolute Gasteiger partial charge is 0.443 e. The molecule has 0 aliphatic carbocycles. The quantitative estimate of drug-likeness (QED) is 0.909. The van der Waals surface area contributed by atoms with Crippen LogP contribution in [0.2, 0.25) is 0 Å². The molecule has 21 heavy (non-hydrogen) atoms. The molecular weight excluding hydrogens is 290 g/mol. The van der Waals surface area contributed by atoms with Crippen LogP contribution in [0.1, 0.15) is 27.2 Å². The topological polar surface area (TPSA) is 72.7 Å². The first kappa shape index (κ1) is 16.0. The fourth-order valence-corrected chi connectivity index (χ4v) is 4.64. The molecule has 118 valence electrons. The van der Waals surface area contributed by atoms with Crippen molar-refractivity contribution in [3.05, 3.63) is 18.3 Å². The molecule has 1 aromatic heterocycles. The molecule has 1 saturated heterocycles. The Bertz CT molecular complexity index is 636. The Labute approximate surface area is 126 Å². The first-order valence-electron chi connectivity index (χ1n) is 7.03. The first-order chi connectivity index (χ1) is 9.72. The van der Waals surface area contributed by atoms with Crippen LogP contribution < -0.4 is 5.32 Å². The van der Waals surface area contributed by atoms with Crippen molar-refractivity contribution >= 4 is 21.6 Å². The number of nitrogens with zero attached hydrogens (tertiary/aromatic N) is 2. The third kappa shape index (κ3) is 4.07. The number of aromatic nitrogens is 1. The highest BCUT2D eigenvalue weighted by molar-refractivity contribution is 7.94. The van der Waals surface area contributed by atoms with E-state index in [0.29, 0.717) is 17.3 Å². The predicted octanol–water partition coefficient (Wildman–Crippen LogP) is 2.36. The minimum absolute atomic E-state index is 0.228. The summed E-state index contributed by atoms with van der Waals surface area (Å²) in [6.07, 6.45) is 1.92. The van der Waals surface area contributed by atoms with Gasteiger partial charge in [-0.25, -0.2) is 13.6 Å². The lowest BCUT2D eigenvalue weighted by atomic mass is 10.2. The van der Waals surface area contributed by atoms with Gasteiger partial charge in [0.25, 0.3) is 0 Å². The van der Waals surface area contributed by atoms with Gasteiger partial charge in [-0.2, -0.15) is 4.36 Å². The van der Waals surface area contributed by atoms with Gasteiger partial charge < -0.3 is 10.1 Å². The molecular formula is C14H23N3O3S. The summed E-state index contributed by atoms with van der Waals surface area (Å²) in [5, 5.41) is 3.13. The monoisotopic (exact) mass is 313 g/mol. The predicted molar refractivity (Wildman–Crippen MR) is 83.5 cm³/mol. The van der Waals surface area contributed by atoms with Crippen LogP contribution in [0, 0.1) is 0 Å². The Morgan fingerprint density at radius 1 is 1.52 bits per heavy atom. The normalized spacial score (nSPS) is 25.8. The molecule has 1 fully saturated rings. The molecule has 7 heteroatoms. The molecule has 1 N–H and O–H groups in total. The molecule has 6 nitrogen and oxygen atoms in total. The van der Waals surface area contributed by atoms with Gasteiger partial charge in [0.1, 0.15) is 5.60 Å². The summed E-state index contributed by atoms with van der Waals surface area (Å²) in [5.74, 6) is 1.46. The van der Waals surface area contributed by atoms with Crippen LogP contribution in [-0.4, -0.2) is 45.1 Å². The van der Waals surface area contributed by atoms with Crippen molar-refractivity contribution in [2.45, 2.75) is 38.8 Å².